The molecule has 0 unspecified atom stereocenters. The lowest BCUT2D eigenvalue weighted by atomic mass is 10.4. The van der Waals surface area contributed by atoms with Crippen molar-refractivity contribution in [1.29, 1.82) is 0 Å². The fourth-order valence-corrected chi connectivity index (χ4v) is 3.22. The molecule has 6 heteroatoms. The first-order chi connectivity index (χ1) is 9.15. The van der Waals surface area contributed by atoms with Crippen molar-refractivity contribution in [1.82, 2.24) is 19.8 Å². The van der Waals surface area contributed by atoms with Gasteiger partial charge in [0.1, 0.15) is 5.82 Å². The summed E-state index contributed by atoms with van der Waals surface area (Å²) in [5.41, 5.74) is 0. The second-order valence-corrected chi connectivity index (χ2v) is 6.51. The summed E-state index contributed by atoms with van der Waals surface area (Å²) in [5, 5.41) is 5.58. The van der Waals surface area contributed by atoms with Gasteiger partial charge in [-0.25, -0.2) is 4.98 Å². The number of hydrogen-bond acceptors (Lipinski definition) is 4. The first-order valence-electron chi connectivity index (χ1n) is 6.23. The number of nitrogens with one attached hydrogen (secondary N) is 1. The predicted octanol–water partition coefficient (Wildman–Crippen LogP) is 2.47. The largest absolute Gasteiger partial charge is 0.337 e. The van der Waals surface area contributed by atoms with E-state index in [4.69, 9.17) is 0 Å². The number of halogens is 1. The lowest BCUT2D eigenvalue weighted by molar-refractivity contribution is 0.313. The summed E-state index contributed by atoms with van der Waals surface area (Å²) in [7, 11) is 4.15. The summed E-state index contributed by atoms with van der Waals surface area (Å²) in [6, 6.07) is 2.16. The Bertz CT molecular complexity index is 508. The van der Waals surface area contributed by atoms with Gasteiger partial charge in [-0.05, 0) is 29.0 Å². The Morgan fingerprint density at radius 2 is 2.37 bits per heavy atom. The van der Waals surface area contributed by atoms with E-state index in [1.165, 1.54) is 9.35 Å². The first kappa shape index (κ1) is 14.7. The van der Waals surface area contributed by atoms with Gasteiger partial charge in [0.25, 0.3) is 0 Å². The number of nitrogens with zero attached hydrogens (tertiary/aromatic N) is 3. The zero-order valence-corrected chi connectivity index (χ0v) is 13.7. The molecule has 0 spiro atoms. The Labute approximate surface area is 126 Å². The minimum absolute atomic E-state index is 0.885. The number of imidazole rings is 1. The van der Waals surface area contributed by atoms with Gasteiger partial charge in [0, 0.05) is 53.8 Å². The van der Waals surface area contributed by atoms with Crippen LogP contribution in [0, 0.1) is 0 Å². The van der Waals surface area contributed by atoms with Crippen molar-refractivity contribution < 1.29 is 0 Å². The van der Waals surface area contributed by atoms with Crippen LogP contribution in [0.3, 0.4) is 0 Å². The van der Waals surface area contributed by atoms with Crippen molar-refractivity contribution in [3.63, 3.8) is 0 Å². The molecule has 1 N–H and O–H groups in total. The normalized spacial score (nSPS) is 11.4. The summed E-state index contributed by atoms with van der Waals surface area (Å²) in [6.07, 6.45) is 3.83. The van der Waals surface area contributed by atoms with Crippen molar-refractivity contribution in [3.8, 4) is 0 Å². The predicted molar refractivity (Wildman–Crippen MR) is 83.3 cm³/mol. The smallest absolute Gasteiger partial charge is 0.122 e. The molecule has 0 fully saturated rings. The van der Waals surface area contributed by atoms with E-state index < -0.39 is 0 Å². The molecular formula is C13H19BrN4S. The maximum absolute atomic E-state index is 4.33. The highest BCUT2D eigenvalue weighted by atomic mass is 79.9. The minimum Gasteiger partial charge on any atom is -0.337 e. The van der Waals surface area contributed by atoms with E-state index in [-0.39, 0.29) is 0 Å². The van der Waals surface area contributed by atoms with Crippen LogP contribution in [0.5, 0.6) is 0 Å². The van der Waals surface area contributed by atoms with E-state index in [9.17, 15) is 0 Å². The zero-order chi connectivity index (χ0) is 13.7. The quantitative estimate of drug-likeness (QED) is 0.784. The molecule has 2 aromatic heterocycles. The topological polar surface area (TPSA) is 33.1 Å². The molecule has 0 aliphatic rings. The summed E-state index contributed by atoms with van der Waals surface area (Å²) >= 11 is 5.25. The minimum atomic E-state index is 0.885. The summed E-state index contributed by atoms with van der Waals surface area (Å²) in [6.45, 7) is 3.82. The first-order valence-corrected chi connectivity index (χ1v) is 7.91. The second-order valence-electron chi connectivity index (χ2n) is 4.60. The Hall–Kier alpha value is -0.690. The van der Waals surface area contributed by atoms with Crippen molar-refractivity contribution in [3.05, 3.63) is 39.0 Å². The summed E-state index contributed by atoms with van der Waals surface area (Å²) in [5.74, 6) is 1.10. The molecule has 0 aliphatic heterocycles. The fraction of sp³-hybridized carbons (Fsp3) is 0.462. The van der Waals surface area contributed by atoms with Crippen LogP contribution in [0.15, 0.2) is 28.3 Å². The van der Waals surface area contributed by atoms with Crippen LogP contribution in [0.1, 0.15) is 10.7 Å². The molecule has 19 heavy (non-hydrogen) atoms. The molecule has 0 saturated heterocycles. The molecule has 4 nitrogen and oxygen atoms in total. The molecule has 2 heterocycles. The van der Waals surface area contributed by atoms with Crippen molar-refractivity contribution in [2.24, 2.45) is 7.05 Å². The van der Waals surface area contributed by atoms with Crippen molar-refractivity contribution >= 4 is 27.3 Å². The van der Waals surface area contributed by atoms with Crippen LogP contribution in [0.25, 0.3) is 0 Å². The van der Waals surface area contributed by atoms with Crippen molar-refractivity contribution in [2.45, 2.75) is 13.1 Å². The van der Waals surface area contributed by atoms with Gasteiger partial charge < -0.3 is 9.88 Å². The maximum Gasteiger partial charge on any atom is 0.122 e. The lowest BCUT2D eigenvalue weighted by Gasteiger charge is -2.16. The average molecular weight is 343 g/mol. The van der Waals surface area contributed by atoms with Crippen LogP contribution in [0.4, 0.5) is 0 Å². The van der Waals surface area contributed by atoms with Gasteiger partial charge in [0.2, 0.25) is 0 Å². The highest BCUT2D eigenvalue weighted by Crippen LogP contribution is 2.19. The van der Waals surface area contributed by atoms with Crippen molar-refractivity contribution in [2.75, 3.05) is 20.1 Å². The molecule has 0 aromatic carbocycles. The molecule has 0 saturated carbocycles. The molecule has 2 aromatic rings. The number of aryl methyl sites for hydroxylation is 1. The van der Waals surface area contributed by atoms with Gasteiger partial charge in [-0.15, -0.1) is 11.3 Å². The van der Waals surface area contributed by atoms with Gasteiger partial charge in [-0.1, -0.05) is 0 Å². The highest BCUT2D eigenvalue weighted by molar-refractivity contribution is 9.10. The zero-order valence-electron chi connectivity index (χ0n) is 11.3. The van der Waals surface area contributed by atoms with Gasteiger partial charge in [-0.2, -0.15) is 0 Å². The second kappa shape index (κ2) is 7.19. The number of rotatable bonds is 7. The summed E-state index contributed by atoms with van der Waals surface area (Å²) < 4.78 is 3.23. The fourth-order valence-electron chi connectivity index (χ4n) is 1.80. The third-order valence-corrected chi connectivity index (χ3v) is 4.62. The molecule has 0 atom stereocenters. The number of hydrogen-bond donors (Lipinski definition) is 1. The van der Waals surface area contributed by atoms with E-state index in [1.807, 2.05) is 19.4 Å². The van der Waals surface area contributed by atoms with Gasteiger partial charge >= 0.3 is 0 Å². The molecular weight excluding hydrogens is 324 g/mol. The van der Waals surface area contributed by atoms with Gasteiger partial charge in [0.15, 0.2) is 0 Å². The number of likely N-dealkylation sites (N-methyl/N-ethyl adjacent to an activating group) is 1. The van der Waals surface area contributed by atoms with Gasteiger partial charge in [-0.3, -0.25) is 4.90 Å². The van der Waals surface area contributed by atoms with Crippen LogP contribution in [0.2, 0.25) is 0 Å². The molecule has 0 radical (unpaired) electrons. The average Bonchev–Trinajstić information content (AvgIpc) is 2.95. The molecule has 0 amide bonds. The van der Waals surface area contributed by atoms with Crippen LogP contribution in [-0.4, -0.2) is 34.6 Å². The molecule has 0 bridgehead atoms. The Morgan fingerprint density at radius 3 is 3.00 bits per heavy atom. The van der Waals surface area contributed by atoms with E-state index in [0.29, 0.717) is 0 Å². The van der Waals surface area contributed by atoms with Crippen LogP contribution in [-0.2, 0) is 20.1 Å². The highest BCUT2D eigenvalue weighted by Gasteiger charge is 2.04. The number of thiophene rings is 1. The van der Waals surface area contributed by atoms with E-state index >= 15 is 0 Å². The molecule has 104 valence electrons. The number of aromatic nitrogens is 2. The Morgan fingerprint density at radius 1 is 1.53 bits per heavy atom. The van der Waals surface area contributed by atoms with Crippen LogP contribution < -0.4 is 5.32 Å². The Balaban J connectivity index is 1.64. The lowest BCUT2D eigenvalue weighted by Crippen LogP contribution is -2.29. The molecule has 0 aliphatic carbocycles. The van der Waals surface area contributed by atoms with E-state index in [2.05, 4.69) is 54.2 Å². The van der Waals surface area contributed by atoms with E-state index in [1.54, 1.807) is 11.3 Å². The standard InChI is InChI=1S/C13H19BrN4S/c1-17(9-13-16-4-6-18(13)2)5-3-15-8-12-7-11(14)10-19-12/h4,6-7,10,15H,3,5,8-9H2,1-2H3. The third-order valence-electron chi connectivity index (χ3n) is 2.92. The molecule has 2 rings (SSSR count). The van der Waals surface area contributed by atoms with Gasteiger partial charge in [0.05, 0.1) is 6.54 Å². The SMILES string of the molecule is CN(CCNCc1cc(Br)cs1)Cc1nccn1C. The monoisotopic (exact) mass is 342 g/mol. The maximum atomic E-state index is 4.33. The third kappa shape index (κ3) is 4.72. The summed E-state index contributed by atoms with van der Waals surface area (Å²) in [4.78, 5) is 7.97. The Kier molecular flexibility index (Phi) is 5.57. The van der Waals surface area contributed by atoms with E-state index in [0.717, 1.165) is 32.0 Å². The van der Waals surface area contributed by atoms with Crippen LogP contribution >= 0.6 is 27.3 Å².